The topological polar surface area (TPSA) is 55.3 Å². The van der Waals surface area contributed by atoms with Crippen LogP contribution in [0, 0.1) is 5.92 Å². The molecule has 4 rings (SSSR count). The largest absolute Gasteiger partial charge is 0.497 e. The number of hydrogen-bond donors (Lipinski definition) is 0. The number of benzene rings is 1. The molecule has 1 amide bonds. The third-order valence-corrected chi connectivity index (χ3v) is 5.55. The molecule has 1 fully saturated rings. The van der Waals surface area contributed by atoms with Gasteiger partial charge < -0.3 is 4.74 Å². The van der Waals surface area contributed by atoms with Gasteiger partial charge in [-0.15, -0.1) is 0 Å². The number of aromatic nitrogens is 2. The van der Waals surface area contributed by atoms with Crippen LogP contribution in [-0.4, -0.2) is 23.0 Å². The Balaban J connectivity index is 1.74. The van der Waals surface area contributed by atoms with E-state index in [2.05, 4.69) is 25.9 Å². The molecule has 1 aromatic carbocycles. The van der Waals surface area contributed by atoms with Gasteiger partial charge in [-0.1, -0.05) is 12.1 Å². The second-order valence-corrected chi connectivity index (χ2v) is 7.78. The zero-order valence-electron chi connectivity index (χ0n) is 15.6. The number of rotatable bonds is 6. The Morgan fingerprint density at radius 1 is 1.21 bits per heavy atom. The molecule has 2 aromatic heterocycles. The lowest BCUT2D eigenvalue weighted by Crippen LogP contribution is -2.32. The van der Waals surface area contributed by atoms with Gasteiger partial charge in [-0.2, -0.15) is 0 Å². The number of amides is 1. The Hall–Kier alpha value is -2.61. The maximum atomic E-state index is 13.3. The van der Waals surface area contributed by atoms with Crippen LogP contribution < -0.4 is 9.64 Å². The maximum Gasteiger partial charge on any atom is 0.281 e. The maximum absolute atomic E-state index is 13.3. The Bertz CT molecular complexity index is 1060. The van der Waals surface area contributed by atoms with Gasteiger partial charge in [-0.25, -0.2) is 13.8 Å². The molecular formula is C21H18BrF2N3O2. The zero-order chi connectivity index (χ0) is 20.5. The van der Waals surface area contributed by atoms with Crippen molar-refractivity contribution in [3.8, 4) is 5.75 Å². The molecule has 0 unspecified atom stereocenters. The van der Waals surface area contributed by atoms with Crippen LogP contribution in [0.25, 0.3) is 10.8 Å². The van der Waals surface area contributed by atoms with Crippen molar-refractivity contribution in [3.63, 3.8) is 0 Å². The Labute approximate surface area is 174 Å². The van der Waals surface area contributed by atoms with Gasteiger partial charge in [0, 0.05) is 33.6 Å². The zero-order valence-corrected chi connectivity index (χ0v) is 17.2. The van der Waals surface area contributed by atoms with Crippen molar-refractivity contribution in [2.75, 3.05) is 12.0 Å². The number of halogens is 3. The quantitative estimate of drug-likeness (QED) is 0.500. The van der Waals surface area contributed by atoms with E-state index in [1.807, 2.05) is 24.3 Å². The molecule has 0 N–H and O–H groups in total. The van der Waals surface area contributed by atoms with Gasteiger partial charge >= 0.3 is 0 Å². The van der Waals surface area contributed by atoms with Crippen molar-refractivity contribution in [2.45, 2.75) is 25.8 Å². The van der Waals surface area contributed by atoms with Gasteiger partial charge in [0.2, 0.25) is 5.91 Å². The normalized spacial score (nSPS) is 13.7. The molecule has 0 radical (unpaired) electrons. The van der Waals surface area contributed by atoms with Crippen LogP contribution in [-0.2, 0) is 11.3 Å². The summed E-state index contributed by atoms with van der Waals surface area (Å²) >= 11 is 3.37. The number of carbonyl (C=O) groups is 1. The van der Waals surface area contributed by atoms with Gasteiger partial charge in [-0.05, 0) is 52.5 Å². The molecule has 0 aliphatic heterocycles. The van der Waals surface area contributed by atoms with Gasteiger partial charge in [0.15, 0.2) is 0 Å². The average molecular weight is 462 g/mol. The molecule has 2 heterocycles. The van der Waals surface area contributed by atoms with Crippen molar-refractivity contribution in [1.29, 1.82) is 0 Å². The number of fused-ring (bicyclic) bond motifs is 1. The van der Waals surface area contributed by atoms with E-state index in [0.29, 0.717) is 22.2 Å². The molecule has 0 bridgehead atoms. The van der Waals surface area contributed by atoms with Gasteiger partial charge in [-0.3, -0.25) is 14.7 Å². The number of anilines is 1. The number of methoxy groups -OCH3 is 1. The van der Waals surface area contributed by atoms with E-state index >= 15 is 0 Å². The van der Waals surface area contributed by atoms with Crippen molar-refractivity contribution < 1.29 is 18.3 Å². The monoisotopic (exact) mass is 461 g/mol. The van der Waals surface area contributed by atoms with Gasteiger partial charge in [0.25, 0.3) is 6.43 Å². The molecule has 0 atom stereocenters. The second kappa shape index (κ2) is 8.02. The molecular weight excluding hydrogens is 444 g/mol. The van der Waals surface area contributed by atoms with Gasteiger partial charge in [0.05, 0.1) is 13.7 Å². The lowest BCUT2D eigenvalue weighted by atomic mass is 10.1. The van der Waals surface area contributed by atoms with Crippen LogP contribution in [0.4, 0.5) is 14.6 Å². The molecule has 1 aliphatic rings. The smallest absolute Gasteiger partial charge is 0.281 e. The molecule has 0 spiro atoms. The standard InChI is InChI=1S/C21H18BrF2N3O2/c1-29-14-6-2-12(3-7-14)11-27(21(28)13-4-5-13)18-8-15-16(9-25-18)19(20(23)24)26-10-17(15)22/h2-3,6-10,13,20H,4-5,11H2,1H3. The first-order valence-electron chi connectivity index (χ1n) is 9.14. The molecule has 150 valence electrons. The summed E-state index contributed by atoms with van der Waals surface area (Å²) in [4.78, 5) is 22.7. The number of alkyl halides is 2. The minimum absolute atomic E-state index is 0.00747. The van der Waals surface area contributed by atoms with Crippen LogP contribution in [0.2, 0.25) is 0 Å². The van der Waals surface area contributed by atoms with Gasteiger partial charge in [0.1, 0.15) is 17.3 Å². The molecule has 8 heteroatoms. The molecule has 5 nitrogen and oxygen atoms in total. The number of carbonyl (C=O) groups excluding carboxylic acids is 1. The summed E-state index contributed by atoms with van der Waals surface area (Å²) in [5.41, 5.74) is 0.598. The van der Waals surface area contributed by atoms with E-state index < -0.39 is 6.43 Å². The molecule has 0 saturated heterocycles. The summed E-state index contributed by atoms with van der Waals surface area (Å²) in [6.45, 7) is 0.336. The van der Waals surface area contributed by atoms with Crippen LogP contribution in [0.5, 0.6) is 5.75 Å². The Morgan fingerprint density at radius 2 is 1.93 bits per heavy atom. The fourth-order valence-electron chi connectivity index (χ4n) is 3.17. The average Bonchev–Trinajstić information content (AvgIpc) is 3.57. The van der Waals surface area contributed by atoms with Crippen molar-refractivity contribution in [2.24, 2.45) is 5.92 Å². The first-order valence-corrected chi connectivity index (χ1v) is 9.94. The van der Waals surface area contributed by atoms with Crippen LogP contribution in [0.15, 0.2) is 47.2 Å². The van der Waals surface area contributed by atoms with E-state index in [-0.39, 0.29) is 22.9 Å². The Morgan fingerprint density at radius 3 is 2.55 bits per heavy atom. The van der Waals surface area contributed by atoms with E-state index in [1.54, 1.807) is 18.1 Å². The third kappa shape index (κ3) is 4.07. The van der Waals surface area contributed by atoms with Crippen molar-refractivity contribution >= 4 is 38.4 Å². The number of nitrogens with zero attached hydrogens (tertiary/aromatic N) is 3. The highest BCUT2D eigenvalue weighted by atomic mass is 79.9. The van der Waals surface area contributed by atoms with Crippen LogP contribution >= 0.6 is 15.9 Å². The predicted octanol–water partition coefficient (Wildman–Crippen LogP) is 5.28. The lowest BCUT2D eigenvalue weighted by molar-refractivity contribution is -0.119. The summed E-state index contributed by atoms with van der Waals surface area (Å²) in [5, 5.41) is 0.810. The van der Waals surface area contributed by atoms with E-state index in [4.69, 9.17) is 4.74 Å². The minimum atomic E-state index is -2.71. The summed E-state index contributed by atoms with van der Waals surface area (Å²) < 4.78 is 32.4. The summed E-state index contributed by atoms with van der Waals surface area (Å²) in [6, 6.07) is 9.11. The first-order chi connectivity index (χ1) is 14.0. The Kier molecular flexibility index (Phi) is 5.45. The highest BCUT2D eigenvalue weighted by Crippen LogP contribution is 2.36. The SMILES string of the molecule is COc1ccc(CN(C(=O)C2CC2)c2cc3c(Br)cnc(C(F)F)c3cn2)cc1. The molecule has 29 heavy (non-hydrogen) atoms. The molecule has 1 aliphatic carbocycles. The van der Waals surface area contributed by atoms with Crippen molar-refractivity contribution in [3.05, 3.63) is 58.5 Å². The fraction of sp³-hybridized carbons (Fsp3) is 0.286. The van der Waals surface area contributed by atoms with Crippen LogP contribution in [0.1, 0.15) is 30.5 Å². The van der Waals surface area contributed by atoms with E-state index in [1.165, 1.54) is 12.4 Å². The summed E-state index contributed by atoms with van der Waals surface area (Å²) in [7, 11) is 1.59. The molecule has 1 saturated carbocycles. The first kappa shape index (κ1) is 19.7. The molecule has 3 aromatic rings. The predicted molar refractivity (Wildman–Crippen MR) is 109 cm³/mol. The minimum Gasteiger partial charge on any atom is -0.497 e. The highest BCUT2D eigenvalue weighted by Gasteiger charge is 2.34. The number of hydrogen-bond acceptors (Lipinski definition) is 4. The fourth-order valence-corrected chi connectivity index (χ4v) is 3.60. The number of pyridine rings is 2. The summed E-state index contributed by atoms with van der Waals surface area (Å²) in [6.07, 6.45) is 1.72. The number of ether oxygens (including phenoxy) is 1. The third-order valence-electron chi connectivity index (χ3n) is 4.92. The highest BCUT2D eigenvalue weighted by molar-refractivity contribution is 9.10. The summed E-state index contributed by atoms with van der Waals surface area (Å²) in [5.74, 6) is 1.14. The van der Waals surface area contributed by atoms with E-state index in [0.717, 1.165) is 24.2 Å². The van der Waals surface area contributed by atoms with Crippen LogP contribution in [0.3, 0.4) is 0 Å². The lowest BCUT2D eigenvalue weighted by Gasteiger charge is -2.23. The van der Waals surface area contributed by atoms with E-state index in [9.17, 15) is 13.6 Å². The van der Waals surface area contributed by atoms with Crippen molar-refractivity contribution in [1.82, 2.24) is 9.97 Å². The second-order valence-electron chi connectivity index (χ2n) is 6.93.